The Balaban J connectivity index is 2.41. The van der Waals surface area contributed by atoms with E-state index < -0.39 is 0 Å². The number of hydrogen-bond donors (Lipinski definition) is 1. The van der Waals surface area contributed by atoms with Crippen LogP contribution in [0.5, 0.6) is 0 Å². The van der Waals surface area contributed by atoms with Gasteiger partial charge in [-0.1, -0.05) is 13.3 Å². The van der Waals surface area contributed by atoms with Gasteiger partial charge in [0.15, 0.2) is 0 Å². The number of nitrogens with one attached hydrogen (secondary N) is 1. The van der Waals surface area contributed by atoms with Gasteiger partial charge in [0.05, 0.1) is 11.4 Å². The van der Waals surface area contributed by atoms with Gasteiger partial charge in [0.25, 0.3) is 0 Å². The maximum Gasteiger partial charge on any atom is 0.0597 e. The fourth-order valence-corrected chi connectivity index (χ4v) is 1.53. The van der Waals surface area contributed by atoms with Gasteiger partial charge >= 0.3 is 0 Å². The van der Waals surface area contributed by atoms with Gasteiger partial charge in [0.1, 0.15) is 0 Å². The van der Waals surface area contributed by atoms with Crippen LogP contribution in [-0.2, 0) is 13.1 Å². The smallest absolute Gasteiger partial charge is 0.0597 e. The Kier molecular flexibility index (Phi) is 4.66. The van der Waals surface area contributed by atoms with E-state index in [1.54, 1.807) is 0 Å². The maximum atomic E-state index is 4.40. The summed E-state index contributed by atoms with van der Waals surface area (Å²) in [5.41, 5.74) is 2.40. The molecule has 1 rings (SSSR count). The molecule has 0 atom stereocenters. The van der Waals surface area contributed by atoms with Crippen LogP contribution in [0.1, 0.15) is 38.1 Å². The molecule has 0 saturated carbocycles. The molecule has 0 unspecified atom stereocenters. The molecule has 1 N–H and O–H groups in total. The zero-order valence-corrected chi connectivity index (χ0v) is 9.51. The van der Waals surface area contributed by atoms with E-state index >= 15 is 0 Å². The van der Waals surface area contributed by atoms with Crippen molar-refractivity contribution in [2.75, 3.05) is 6.54 Å². The second-order valence-electron chi connectivity index (χ2n) is 3.62. The van der Waals surface area contributed by atoms with Gasteiger partial charge < -0.3 is 5.32 Å². The summed E-state index contributed by atoms with van der Waals surface area (Å²) in [4.78, 5) is 0. The Morgan fingerprint density at radius 1 is 1.43 bits per heavy atom. The molecule has 0 aliphatic carbocycles. The van der Waals surface area contributed by atoms with Crippen LogP contribution >= 0.6 is 0 Å². The predicted octanol–water partition coefficient (Wildman–Crippen LogP) is 2.10. The zero-order chi connectivity index (χ0) is 10.4. The molecule has 3 nitrogen and oxygen atoms in total. The predicted molar refractivity (Wildman–Crippen MR) is 59.3 cm³/mol. The minimum atomic E-state index is 0.939. The van der Waals surface area contributed by atoms with E-state index in [2.05, 4.69) is 35.0 Å². The van der Waals surface area contributed by atoms with Crippen LogP contribution in [0.2, 0.25) is 0 Å². The van der Waals surface area contributed by atoms with E-state index in [1.165, 1.54) is 18.5 Å². The molecule has 0 aliphatic rings. The number of aryl methyl sites for hydroxylation is 2. The van der Waals surface area contributed by atoms with Crippen molar-refractivity contribution < 1.29 is 0 Å². The standard InChI is InChI=1S/C11H21N3/c1-4-6-7-12-9-11-8-10(3)13-14(11)5-2/h8,12H,4-7,9H2,1-3H3. The van der Waals surface area contributed by atoms with Crippen molar-refractivity contribution in [3.8, 4) is 0 Å². The highest BCUT2D eigenvalue weighted by molar-refractivity contribution is 5.08. The third-order valence-electron chi connectivity index (χ3n) is 2.30. The third kappa shape index (κ3) is 3.14. The summed E-state index contributed by atoms with van der Waals surface area (Å²) >= 11 is 0. The summed E-state index contributed by atoms with van der Waals surface area (Å²) < 4.78 is 2.06. The Morgan fingerprint density at radius 2 is 2.21 bits per heavy atom. The van der Waals surface area contributed by atoms with E-state index in [9.17, 15) is 0 Å². The lowest BCUT2D eigenvalue weighted by atomic mass is 10.3. The molecule has 1 aromatic rings. The van der Waals surface area contributed by atoms with Crippen LogP contribution in [0.4, 0.5) is 0 Å². The second-order valence-corrected chi connectivity index (χ2v) is 3.62. The number of aromatic nitrogens is 2. The number of nitrogens with zero attached hydrogens (tertiary/aromatic N) is 2. The van der Waals surface area contributed by atoms with E-state index in [-0.39, 0.29) is 0 Å². The molecule has 3 heteroatoms. The minimum absolute atomic E-state index is 0.939. The first-order valence-corrected chi connectivity index (χ1v) is 5.52. The van der Waals surface area contributed by atoms with E-state index in [0.29, 0.717) is 0 Å². The Bertz CT molecular complexity index is 265. The van der Waals surface area contributed by atoms with Crippen molar-refractivity contribution in [1.82, 2.24) is 15.1 Å². The second kappa shape index (κ2) is 5.81. The van der Waals surface area contributed by atoms with E-state index in [0.717, 1.165) is 25.3 Å². The summed E-state index contributed by atoms with van der Waals surface area (Å²) in [6.07, 6.45) is 2.50. The summed E-state index contributed by atoms with van der Waals surface area (Å²) in [6, 6.07) is 2.16. The molecule has 80 valence electrons. The lowest BCUT2D eigenvalue weighted by Gasteiger charge is -2.05. The molecule has 14 heavy (non-hydrogen) atoms. The van der Waals surface area contributed by atoms with Gasteiger partial charge in [-0.25, -0.2) is 0 Å². The van der Waals surface area contributed by atoms with Crippen molar-refractivity contribution in [1.29, 1.82) is 0 Å². The highest BCUT2D eigenvalue weighted by Gasteiger charge is 2.02. The summed E-state index contributed by atoms with van der Waals surface area (Å²) in [5, 5.41) is 7.83. The fraction of sp³-hybridized carbons (Fsp3) is 0.727. The molecule has 1 heterocycles. The van der Waals surface area contributed by atoms with Crippen LogP contribution in [0.15, 0.2) is 6.07 Å². The third-order valence-corrected chi connectivity index (χ3v) is 2.30. The van der Waals surface area contributed by atoms with Crippen LogP contribution in [0.3, 0.4) is 0 Å². The van der Waals surface area contributed by atoms with Crippen molar-refractivity contribution >= 4 is 0 Å². The Labute approximate surface area is 86.5 Å². The summed E-state index contributed by atoms with van der Waals surface area (Å²) in [6.45, 7) is 9.38. The maximum absolute atomic E-state index is 4.40. The zero-order valence-electron chi connectivity index (χ0n) is 9.51. The minimum Gasteiger partial charge on any atom is -0.311 e. The topological polar surface area (TPSA) is 29.9 Å². The summed E-state index contributed by atoms with van der Waals surface area (Å²) in [5.74, 6) is 0. The first kappa shape index (κ1) is 11.2. The van der Waals surface area contributed by atoms with Crippen molar-refractivity contribution in [2.24, 2.45) is 0 Å². The van der Waals surface area contributed by atoms with Crippen LogP contribution in [-0.4, -0.2) is 16.3 Å². The Morgan fingerprint density at radius 3 is 2.86 bits per heavy atom. The van der Waals surface area contributed by atoms with Crippen LogP contribution in [0, 0.1) is 6.92 Å². The average molecular weight is 195 g/mol. The van der Waals surface area contributed by atoms with Crippen molar-refractivity contribution in [3.63, 3.8) is 0 Å². The molecule has 0 bridgehead atoms. The van der Waals surface area contributed by atoms with Gasteiger partial charge in [-0.05, 0) is 32.9 Å². The molecular formula is C11H21N3. The normalized spacial score (nSPS) is 10.8. The molecular weight excluding hydrogens is 174 g/mol. The molecule has 0 spiro atoms. The fourth-order valence-electron chi connectivity index (χ4n) is 1.53. The first-order valence-electron chi connectivity index (χ1n) is 5.52. The quantitative estimate of drug-likeness (QED) is 0.704. The lowest BCUT2D eigenvalue weighted by Crippen LogP contribution is -2.17. The number of unbranched alkanes of at least 4 members (excludes halogenated alkanes) is 1. The van der Waals surface area contributed by atoms with Gasteiger partial charge in [0.2, 0.25) is 0 Å². The molecule has 0 saturated heterocycles. The molecule has 0 amide bonds. The van der Waals surface area contributed by atoms with Gasteiger partial charge in [-0.2, -0.15) is 5.10 Å². The molecule has 0 fully saturated rings. The lowest BCUT2D eigenvalue weighted by molar-refractivity contribution is 0.569. The molecule has 0 radical (unpaired) electrons. The SMILES string of the molecule is CCCCNCc1cc(C)nn1CC. The van der Waals surface area contributed by atoms with Gasteiger partial charge in [-0.3, -0.25) is 4.68 Å². The number of rotatable bonds is 6. The van der Waals surface area contributed by atoms with Crippen LogP contribution < -0.4 is 5.32 Å². The monoisotopic (exact) mass is 195 g/mol. The number of hydrogen-bond acceptors (Lipinski definition) is 2. The highest BCUT2D eigenvalue weighted by Crippen LogP contribution is 2.03. The molecule has 1 aromatic heterocycles. The van der Waals surface area contributed by atoms with Crippen LogP contribution in [0.25, 0.3) is 0 Å². The van der Waals surface area contributed by atoms with Gasteiger partial charge in [-0.15, -0.1) is 0 Å². The Hall–Kier alpha value is -0.830. The largest absolute Gasteiger partial charge is 0.311 e. The van der Waals surface area contributed by atoms with Crippen molar-refractivity contribution in [3.05, 3.63) is 17.5 Å². The summed E-state index contributed by atoms with van der Waals surface area (Å²) in [7, 11) is 0. The highest BCUT2D eigenvalue weighted by atomic mass is 15.3. The molecule has 0 aromatic carbocycles. The van der Waals surface area contributed by atoms with Gasteiger partial charge in [0, 0.05) is 13.1 Å². The average Bonchev–Trinajstić information content (AvgIpc) is 2.54. The molecule has 0 aliphatic heterocycles. The first-order chi connectivity index (χ1) is 6.77. The van der Waals surface area contributed by atoms with E-state index in [4.69, 9.17) is 0 Å². The van der Waals surface area contributed by atoms with Crippen molar-refractivity contribution in [2.45, 2.75) is 46.7 Å². The van der Waals surface area contributed by atoms with E-state index in [1.807, 2.05) is 6.92 Å².